The Kier molecular flexibility index (Phi) is 8.66. The van der Waals surface area contributed by atoms with Crippen molar-refractivity contribution in [2.75, 3.05) is 9.80 Å². The van der Waals surface area contributed by atoms with Gasteiger partial charge in [0, 0.05) is 34.1 Å². The van der Waals surface area contributed by atoms with E-state index in [2.05, 4.69) is 241 Å². The van der Waals surface area contributed by atoms with Gasteiger partial charge in [-0.3, -0.25) is 0 Å². The van der Waals surface area contributed by atoms with Crippen LogP contribution in [0.1, 0.15) is 0 Å². The minimum absolute atomic E-state index is 1.14. The van der Waals surface area contributed by atoms with Gasteiger partial charge in [0.05, 0.1) is 0 Å². The molecule has 0 atom stereocenters. The maximum absolute atomic E-state index is 2.53. The summed E-state index contributed by atoms with van der Waals surface area (Å²) in [6.45, 7) is 5.05. The van der Waals surface area contributed by atoms with E-state index in [0.717, 1.165) is 34.1 Å². The fraction of sp³-hybridized carbons (Fsp3) is 0.0370. The molecule has 0 aromatic heterocycles. The zero-order valence-corrected chi connectivity index (χ0v) is 33.2. The van der Waals surface area contributed by atoms with Crippen LogP contribution >= 0.6 is 0 Å². The summed E-state index contributed by atoms with van der Waals surface area (Å²) in [7, 11) is -2.08. The van der Waals surface area contributed by atoms with Crippen LogP contribution in [0.2, 0.25) is 13.1 Å². The number of fused-ring (bicyclic) bond motifs is 2. The standard InChI is InChI=1S/C54H42N2Si/c1-57(2)52-25-15-24-50-48(40-28-33-47(34-29-40)56(44-20-11-5-12-21-44)45-22-13-6-14-23-45)36-37-51(54(50)52)49-35-30-41(38-53(49)57)39-26-31-46(32-27-39)55(42-16-7-3-8-17-42)43-18-9-4-10-19-43/h3-38H,1-2H3. The molecule has 0 fully saturated rings. The average Bonchev–Trinajstić information content (AvgIpc) is 3.27. The average molecular weight is 747 g/mol. The van der Waals surface area contributed by atoms with E-state index in [0.29, 0.717) is 0 Å². The third-order valence-electron chi connectivity index (χ3n) is 11.6. The molecule has 0 aliphatic carbocycles. The largest absolute Gasteiger partial charge is 0.311 e. The predicted molar refractivity (Wildman–Crippen MR) is 246 cm³/mol. The molecule has 272 valence electrons. The van der Waals surface area contributed by atoms with Crippen LogP contribution in [0, 0.1) is 0 Å². The molecule has 9 aromatic carbocycles. The van der Waals surface area contributed by atoms with Crippen molar-refractivity contribution in [1.29, 1.82) is 0 Å². The second-order valence-corrected chi connectivity index (χ2v) is 19.7. The van der Waals surface area contributed by atoms with Gasteiger partial charge in [0.15, 0.2) is 0 Å². The second-order valence-electron chi connectivity index (χ2n) is 15.4. The molecule has 10 rings (SSSR count). The van der Waals surface area contributed by atoms with Crippen molar-refractivity contribution < 1.29 is 0 Å². The first kappa shape index (κ1) is 34.5. The smallest absolute Gasteiger partial charge is 0.113 e. The quantitative estimate of drug-likeness (QED) is 0.143. The van der Waals surface area contributed by atoms with E-state index in [9.17, 15) is 0 Å². The van der Waals surface area contributed by atoms with E-state index in [1.165, 1.54) is 54.5 Å². The molecule has 0 radical (unpaired) electrons. The Morgan fingerprint density at radius 1 is 0.298 bits per heavy atom. The minimum Gasteiger partial charge on any atom is -0.311 e. The van der Waals surface area contributed by atoms with Gasteiger partial charge >= 0.3 is 0 Å². The lowest BCUT2D eigenvalue weighted by atomic mass is 9.90. The number of benzene rings is 9. The number of rotatable bonds is 8. The van der Waals surface area contributed by atoms with Crippen molar-refractivity contribution >= 4 is 63.3 Å². The van der Waals surface area contributed by atoms with Crippen LogP contribution in [0.25, 0.3) is 44.2 Å². The Hall–Kier alpha value is -6.94. The Morgan fingerprint density at radius 3 is 1.19 bits per heavy atom. The lowest BCUT2D eigenvalue weighted by Crippen LogP contribution is -2.55. The molecule has 0 saturated heterocycles. The first-order chi connectivity index (χ1) is 28.0. The molecule has 0 amide bonds. The van der Waals surface area contributed by atoms with Crippen molar-refractivity contribution in [2.45, 2.75) is 13.1 Å². The molecule has 0 spiro atoms. The van der Waals surface area contributed by atoms with Crippen molar-refractivity contribution in [1.82, 2.24) is 0 Å². The van der Waals surface area contributed by atoms with E-state index in [1.54, 1.807) is 0 Å². The highest BCUT2D eigenvalue weighted by molar-refractivity contribution is 7.03. The minimum atomic E-state index is -2.08. The SMILES string of the molecule is C[Si]1(C)c2cc(-c3ccc(N(c4ccccc4)c4ccccc4)cc3)ccc2-c2ccc(-c3ccc(N(c4ccccc4)c4ccccc4)cc3)c3cccc1c23. The van der Waals surface area contributed by atoms with Gasteiger partial charge in [-0.25, -0.2) is 0 Å². The number of hydrogen-bond donors (Lipinski definition) is 0. The van der Waals surface area contributed by atoms with Crippen LogP contribution in [0.3, 0.4) is 0 Å². The number of nitrogens with zero attached hydrogens (tertiary/aromatic N) is 2. The monoisotopic (exact) mass is 746 g/mol. The van der Waals surface area contributed by atoms with Gasteiger partial charge in [-0.2, -0.15) is 0 Å². The van der Waals surface area contributed by atoms with Gasteiger partial charge in [0.25, 0.3) is 0 Å². The fourth-order valence-electron chi connectivity index (χ4n) is 8.82. The summed E-state index contributed by atoms with van der Waals surface area (Å²) in [5.74, 6) is 0. The highest BCUT2D eigenvalue weighted by Gasteiger charge is 2.36. The van der Waals surface area contributed by atoms with E-state index >= 15 is 0 Å². The number of anilines is 6. The molecule has 9 aromatic rings. The normalized spacial score (nSPS) is 12.5. The first-order valence-corrected chi connectivity index (χ1v) is 22.8. The summed E-state index contributed by atoms with van der Waals surface area (Å²) >= 11 is 0. The van der Waals surface area contributed by atoms with Crippen LogP contribution in [-0.2, 0) is 0 Å². The first-order valence-electron chi connectivity index (χ1n) is 19.8. The van der Waals surface area contributed by atoms with Gasteiger partial charge in [-0.15, -0.1) is 0 Å². The fourth-order valence-corrected chi connectivity index (χ4v) is 11.9. The predicted octanol–water partition coefficient (Wildman–Crippen LogP) is 13.9. The Bertz CT molecular complexity index is 2760. The van der Waals surface area contributed by atoms with Crippen LogP contribution in [0.15, 0.2) is 218 Å². The molecule has 0 saturated carbocycles. The Morgan fingerprint density at radius 2 is 0.702 bits per heavy atom. The molecular weight excluding hydrogens is 705 g/mol. The molecule has 2 nitrogen and oxygen atoms in total. The third kappa shape index (κ3) is 6.14. The van der Waals surface area contributed by atoms with Crippen LogP contribution in [-0.4, -0.2) is 8.07 Å². The lowest BCUT2D eigenvalue weighted by Gasteiger charge is -2.34. The number of hydrogen-bond acceptors (Lipinski definition) is 2. The van der Waals surface area contributed by atoms with Crippen molar-refractivity contribution in [3.05, 3.63) is 218 Å². The van der Waals surface area contributed by atoms with E-state index in [-0.39, 0.29) is 0 Å². The lowest BCUT2D eigenvalue weighted by molar-refractivity contribution is 1.28. The highest BCUT2D eigenvalue weighted by atomic mass is 28.3. The zero-order chi connectivity index (χ0) is 38.3. The van der Waals surface area contributed by atoms with Crippen molar-refractivity contribution in [2.24, 2.45) is 0 Å². The van der Waals surface area contributed by atoms with E-state index in [1.807, 2.05) is 0 Å². The third-order valence-corrected chi connectivity index (χ3v) is 15.2. The van der Waals surface area contributed by atoms with Gasteiger partial charge in [0.2, 0.25) is 0 Å². The van der Waals surface area contributed by atoms with E-state index in [4.69, 9.17) is 0 Å². The molecule has 1 aliphatic heterocycles. The van der Waals surface area contributed by atoms with Crippen molar-refractivity contribution in [3.63, 3.8) is 0 Å². The summed E-state index contributed by atoms with van der Waals surface area (Å²) < 4.78 is 0. The molecule has 0 unspecified atom stereocenters. The van der Waals surface area contributed by atoms with E-state index < -0.39 is 8.07 Å². The topological polar surface area (TPSA) is 6.48 Å². The second kappa shape index (κ2) is 14.3. The molecule has 1 aliphatic rings. The Labute approximate surface area is 336 Å². The molecule has 57 heavy (non-hydrogen) atoms. The molecule has 1 heterocycles. The zero-order valence-electron chi connectivity index (χ0n) is 32.2. The molecule has 0 bridgehead atoms. The summed E-state index contributed by atoms with van der Waals surface area (Å²) in [4.78, 5) is 4.64. The number of para-hydroxylation sites is 4. The van der Waals surface area contributed by atoms with Gasteiger partial charge in [-0.1, -0.05) is 159 Å². The van der Waals surface area contributed by atoms with Gasteiger partial charge < -0.3 is 9.80 Å². The van der Waals surface area contributed by atoms with Crippen LogP contribution in [0.4, 0.5) is 34.1 Å². The summed E-state index contributed by atoms with van der Waals surface area (Å²) in [6.07, 6.45) is 0. The maximum atomic E-state index is 2.53. The maximum Gasteiger partial charge on any atom is 0.113 e. The summed E-state index contributed by atoms with van der Waals surface area (Å²) in [5, 5.41) is 5.75. The summed E-state index contributed by atoms with van der Waals surface area (Å²) in [5.41, 5.74) is 14.5. The molecular formula is C54H42N2Si. The van der Waals surface area contributed by atoms with Crippen LogP contribution < -0.4 is 20.2 Å². The molecule has 3 heteroatoms. The highest BCUT2D eigenvalue weighted by Crippen LogP contribution is 2.42. The van der Waals surface area contributed by atoms with Gasteiger partial charge in [-0.05, 0) is 127 Å². The Balaban J connectivity index is 1.01. The van der Waals surface area contributed by atoms with Crippen LogP contribution in [0.5, 0.6) is 0 Å². The van der Waals surface area contributed by atoms with Gasteiger partial charge in [0.1, 0.15) is 8.07 Å². The molecule has 0 N–H and O–H groups in total. The van der Waals surface area contributed by atoms with Crippen molar-refractivity contribution in [3.8, 4) is 33.4 Å². The summed E-state index contributed by atoms with van der Waals surface area (Å²) in [6, 6.07) is 79.5.